The second kappa shape index (κ2) is 8.14. The predicted octanol–water partition coefficient (Wildman–Crippen LogP) is 3.96. The molecule has 0 unspecified atom stereocenters. The third-order valence-electron chi connectivity index (χ3n) is 5.70. The molecule has 4 aromatic heterocycles. The van der Waals surface area contributed by atoms with Crippen LogP contribution in [0, 0.1) is 6.92 Å². The zero-order chi connectivity index (χ0) is 21.4. The van der Waals surface area contributed by atoms with Crippen LogP contribution in [-0.2, 0) is 0 Å². The smallest absolute Gasteiger partial charge is 0.261 e. The van der Waals surface area contributed by atoms with Gasteiger partial charge >= 0.3 is 0 Å². The van der Waals surface area contributed by atoms with Crippen molar-refractivity contribution in [1.82, 2.24) is 29.4 Å². The van der Waals surface area contributed by atoms with Crippen molar-refractivity contribution in [2.45, 2.75) is 43.9 Å². The zero-order valence-electron chi connectivity index (χ0n) is 17.1. The number of carbonyl (C=O) groups is 1. The van der Waals surface area contributed by atoms with Crippen LogP contribution in [0.1, 0.15) is 47.6 Å². The molecule has 4 heterocycles. The highest BCUT2D eigenvalue weighted by molar-refractivity contribution is 7.80. The first-order valence-electron chi connectivity index (χ1n) is 10.4. The SMILES string of the molecule is Cc1ccc(-c2nn(C3CCC(S)CC3)cc2NC(=O)c2cnn3cccnc23)nc1. The maximum Gasteiger partial charge on any atom is 0.261 e. The van der Waals surface area contributed by atoms with Crippen LogP contribution in [0.4, 0.5) is 5.69 Å². The molecule has 8 nitrogen and oxygen atoms in total. The molecule has 0 saturated heterocycles. The molecule has 1 saturated carbocycles. The molecule has 1 amide bonds. The Labute approximate surface area is 185 Å². The van der Waals surface area contributed by atoms with Gasteiger partial charge in [0.05, 0.1) is 23.6 Å². The van der Waals surface area contributed by atoms with E-state index >= 15 is 0 Å². The number of rotatable bonds is 4. The summed E-state index contributed by atoms with van der Waals surface area (Å²) in [5, 5.41) is 12.5. The van der Waals surface area contributed by atoms with Gasteiger partial charge in [0.2, 0.25) is 0 Å². The number of aryl methyl sites for hydroxylation is 1. The van der Waals surface area contributed by atoms with Crippen molar-refractivity contribution in [3.05, 3.63) is 60.3 Å². The summed E-state index contributed by atoms with van der Waals surface area (Å²) in [5.41, 5.74) is 4.00. The van der Waals surface area contributed by atoms with Gasteiger partial charge in [0.25, 0.3) is 5.91 Å². The fraction of sp³-hybridized carbons (Fsp3) is 0.318. The highest BCUT2D eigenvalue weighted by atomic mass is 32.1. The van der Waals surface area contributed by atoms with Crippen molar-refractivity contribution in [3.8, 4) is 11.4 Å². The average molecular weight is 434 g/mol. The molecule has 1 N–H and O–H groups in total. The minimum Gasteiger partial charge on any atom is -0.319 e. The number of nitrogens with one attached hydrogen (secondary N) is 1. The highest BCUT2D eigenvalue weighted by Gasteiger charge is 2.24. The summed E-state index contributed by atoms with van der Waals surface area (Å²) < 4.78 is 3.55. The van der Waals surface area contributed by atoms with Crippen molar-refractivity contribution in [2.75, 3.05) is 5.32 Å². The minimum atomic E-state index is -0.277. The van der Waals surface area contributed by atoms with Gasteiger partial charge in [0, 0.05) is 30.0 Å². The Bertz CT molecular complexity index is 1220. The van der Waals surface area contributed by atoms with Gasteiger partial charge in [-0.2, -0.15) is 22.8 Å². The van der Waals surface area contributed by atoms with Crippen LogP contribution in [0.3, 0.4) is 0 Å². The number of amides is 1. The number of fused-ring (bicyclic) bond motifs is 1. The van der Waals surface area contributed by atoms with Gasteiger partial charge in [-0.3, -0.25) is 14.5 Å². The van der Waals surface area contributed by atoms with E-state index in [2.05, 4.69) is 33.0 Å². The van der Waals surface area contributed by atoms with Crippen LogP contribution < -0.4 is 5.32 Å². The van der Waals surface area contributed by atoms with Crippen molar-refractivity contribution in [2.24, 2.45) is 0 Å². The summed E-state index contributed by atoms with van der Waals surface area (Å²) in [7, 11) is 0. The van der Waals surface area contributed by atoms with E-state index in [0.717, 1.165) is 36.9 Å². The molecule has 5 rings (SSSR count). The lowest BCUT2D eigenvalue weighted by Crippen LogP contribution is -2.18. The Hall–Kier alpha value is -3.20. The van der Waals surface area contributed by atoms with E-state index in [1.807, 2.05) is 29.9 Å². The summed E-state index contributed by atoms with van der Waals surface area (Å²) >= 11 is 4.61. The first-order chi connectivity index (χ1) is 15.1. The Morgan fingerprint density at radius 2 is 2.00 bits per heavy atom. The Morgan fingerprint density at radius 1 is 1.16 bits per heavy atom. The maximum absolute atomic E-state index is 13.1. The van der Waals surface area contributed by atoms with E-state index in [-0.39, 0.29) is 11.9 Å². The summed E-state index contributed by atoms with van der Waals surface area (Å²) in [5.74, 6) is -0.277. The number of hydrogen-bond donors (Lipinski definition) is 2. The van der Waals surface area contributed by atoms with Crippen LogP contribution in [0.2, 0.25) is 0 Å². The lowest BCUT2D eigenvalue weighted by Gasteiger charge is -2.25. The first-order valence-corrected chi connectivity index (χ1v) is 10.9. The number of carbonyl (C=O) groups excluding carboxylic acids is 1. The van der Waals surface area contributed by atoms with Crippen LogP contribution in [0.15, 0.2) is 49.2 Å². The number of nitrogens with zero attached hydrogens (tertiary/aromatic N) is 6. The summed E-state index contributed by atoms with van der Waals surface area (Å²) in [4.78, 5) is 21.9. The highest BCUT2D eigenvalue weighted by Crippen LogP contribution is 2.34. The molecule has 0 atom stereocenters. The second-order valence-corrected chi connectivity index (χ2v) is 8.69. The molecule has 31 heavy (non-hydrogen) atoms. The quantitative estimate of drug-likeness (QED) is 0.476. The zero-order valence-corrected chi connectivity index (χ0v) is 18.0. The number of thiol groups is 1. The second-order valence-electron chi connectivity index (χ2n) is 7.95. The summed E-state index contributed by atoms with van der Waals surface area (Å²) in [6, 6.07) is 5.98. The van der Waals surface area contributed by atoms with E-state index in [4.69, 9.17) is 5.10 Å². The summed E-state index contributed by atoms with van der Waals surface area (Å²) in [6.07, 6.45) is 12.8. The number of anilines is 1. The first kappa shape index (κ1) is 19.7. The van der Waals surface area contributed by atoms with E-state index < -0.39 is 0 Å². The van der Waals surface area contributed by atoms with E-state index in [9.17, 15) is 4.79 Å². The normalized spacial score (nSPS) is 18.9. The third-order valence-corrected chi connectivity index (χ3v) is 6.21. The predicted molar refractivity (Wildman–Crippen MR) is 121 cm³/mol. The van der Waals surface area contributed by atoms with Gasteiger partial charge in [-0.25, -0.2) is 9.50 Å². The Kier molecular flexibility index (Phi) is 5.19. The lowest BCUT2D eigenvalue weighted by molar-refractivity contribution is 0.102. The van der Waals surface area contributed by atoms with Gasteiger partial charge in [-0.15, -0.1) is 0 Å². The van der Waals surface area contributed by atoms with Crippen molar-refractivity contribution >= 4 is 29.9 Å². The van der Waals surface area contributed by atoms with E-state index in [1.54, 1.807) is 29.2 Å². The van der Waals surface area contributed by atoms with E-state index in [0.29, 0.717) is 27.8 Å². The van der Waals surface area contributed by atoms with Gasteiger partial charge in [0.1, 0.15) is 11.3 Å². The fourth-order valence-electron chi connectivity index (χ4n) is 3.97. The number of hydrogen-bond acceptors (Lipinski definition) is 6. The van der Waals surface area contributed by atoms with Gasteiger partial charge in [0.15, 0.2) is 5.65 Å². The average Bonchev–Trinajstić information content (AvgIpc) is 3.39. The van der Waals surface area contributed by atoms with Crippen LogP contribution in [-0.4, -0.2) is 40.5 Å². The fourth-order valence-corrected chi connectivity index (χ4v) is 4.27. The molecule has 4 aromatic rings. The third kappa shape index (κ3) is 3.93. The monoisotopic (exact) mass is 433 g/mol. The van der Waals surface area contributed by atoms with Gasteiger partial charge < -0.3 is 5.32 Å². The Balaban J connectivity index is 1.50. The lowest BCUT2D eigenvalue weighted by atomic mass is 9.95. The molecule has 9 heteroatoms. The van der Waals surface area contributed by atoms with Crippen molar-refractivity contribution in [1.29, 1.82) is 0 Å². The molecule has 0 radical (unpaired) electrons. The standard InChI is InChI=1S/C22H23N7OS/c1-14-3-8-18(24-11-14)20-19(13-29(27-20)15-4-6-16(31)7-5-15)26-22(30)17-12-25-28-10-2-9-23-21(17)28/h2-3,8-13,15-16,31H,4-7H2,1H3,(H,26,30). The van der Waals surface area contributed by atoms with Crippen LogP contribution >= 0.6 is 12.6 Å². The van der Waals surface area contributed by atoms with Gasteiger partial charge in [-0.1, -0.05) is 6.07 Å². The van der Waals surface area contributed by atoms with Crippen LogP contribution in [0.5, 0.6) is 0 Å². The maximum atomic E-state index is 13.1. The molecule has 0 aromatic carbocycles. The number of aromatic nitrogens is 6. The van der Waals surface area contributed by atoms with Crippen molar-refractivity contribution < 1.29 is 4.79 Å². The molecule has 1 aliphatic rings. The molecular formula is C22H23N7OS. The van der Waals surface area contributed by atoms with Crippen molar-refractivity contribution in [3.63, 3.8) is 0 Å². The molecule has 0 spiro atoms. The molecule has 1 fully saturated rings. The number of pyridine rings is 1. The van der Waals surface area contributed by atoms with Crippen LogP contribution in [0.25, 0.3) is 17.0 Å². The molecule has 0 bridgehead atoms. The van der Waals surface area contributed by atoms with Gasteiger partial charge in [-0.05, 0) is 50.3 Å². The topological polar surface area (TPSA) is 90.0 Å². The largest absolute Gasteiger partial charge is 0.319 e. The molecule has 158 valence electrons. The summed E-state index contributed by atoms with van der Waals surface area (Å²) in [6.45, 7) is 1.99. The molecular weight excluding hydrogens is 410 g/mol. The molecule has 0 aliphatic heterocycles. The molecule has 1 aliphatic carbocycles. The Morgan fingerprint density at radius 3 is 2.77 bits per heavy atom. The minimum absolute atomic E-state index is 0.277. The van der Waals surface area contributed by atoms with E-state index in [1.165, 1.54) is 6.20 Å².